The highest BCUT2D eigenvalue weighted by Crippen LogP contribution is 2.32. The van der Waals surface area contributed by atoms with Crippen LogP contribution >= 0.6 is 11.6 Å². The minimum Gasteiger partial charge on any atom is -0.444 e. The number of hydrogen-bond donors (Lipinski definition) is 1. The molecule has 0 spiro atoms. The zero-order chi connectivity index (χ0) is 23.4. The van der Waals surface area contributed by atoms with Crippen molar-refractivity contribution in [2.45, 2.75) is 51.5 Å². The molecule has 0 saturated carbocycles. The largest absolute Gasteiger partial charge is 0.444 e. The summed E-state index contributed by atoms with van der Waals surface area (Å²) in [5.74, 6) is -0.532. The summed E-state index contributed by atoms with van der Waals surface area (Å²) in [7, 11) is -3.69. The standard InChI is InChI=1S/C22H31ClN2O5S/c1-15(13-25(10-7-11-26)21(27)30-22(3,4)5)14-31(28,29)19-9-6-8-17-16(2)24-12-18(23)20(17)19/h6,8-9,12,15,26H,7,10-11,13-14H2,1-5H3. The summed E-state index contributed by atoms with van der Waals surface area (Å²) in [6.07, 6.45) is 1.31. The lowest BCUT2D eigenvalue weighted by Crippen LogP contribution is -2.41. The number of halogens is 1. The van der Waals surface area contributed by atoms with E-state index in [0.717, 1.165) is 0 Å². The van der Waals surface area contributed by atoms with Crippen LogP contribution in [0, 0.1) is 12.8 Å². The van der Waals surface area contributed by atoms with E-state index in [2.05, 4.69) is 4.98 Å². The molecule has 1 unspecified atom stereocenters. The van der Waals surface area contributed by atoms with Gasteiger partial charge in [0.2, 0.25) is 0 Å². The van der Waals surface area contributed by atoms with Crippen LogP contribution in [0.1, 0.15) is 39.8 Å². The molecule has 0 radical (unpaired) electrons. The molecule has 1 aromatic heterocycles. The smallest absolute Gasteiger partial charge is 0.410 e. The summed E-state index contributed by atoms with van der Waals surface area (Å²) in [4.78, 5) is 18.4. The number of rotatable bonds is 8. The van der Waals surface area contributed by atoms with E-state index in [9.17, 15) is 13.2 Å². The van der Waals surface area contributed by atoms with Crippen molar-refractivity contribution in [1.29, 1.82) is 0 Å². The second-order valence-corrected chi connectivity index (χ2v) is 11.2. The number of carbonyl (C=O) groups excluding carboxylic acids is 1. The van der Waals surface area contributed by atoms with Crippen LogP contribution in [0.3, 0.4) is 0 Å². The van der Waals surface area contributed by atoms with E-state index >= 15 is 0 Å². The van der Waals surface area contributed by atoms with Crippen LogP contribution in [0.4, 0.5) is 4.79 Å². The van der Waals surface area contributed by atoms with Gasteiger partial charge in [-0.3, -0.25) is 4.98 Å². The topological polar surface area (TPSA) is 96.8 Å². The van der Waals surface area contributed by atoms with Gasteiger partial charge in [-0.15, -0.1) is 0 Å². The van der Waals surface area contributed by atoms with Crippen molar-refractivity contribution < 1.29 is 23.1 Å². The number of carbonyl (C=O) groups is 1. The minimum absolute atomic E-state index is 0.0755. The van der Waals surface area contributed by atoms with Gasteiger partial charge >= 0.3 is 6.09 Å². The van der Waals surface area contributed by atoms with Crippen molar-refractivity contribution in [1.82, 2.24) is 9.88 Å². The molecule has 1 atom stereocenters. The molecule has 172 valence electrons. The number of aliphatic hydroxyl groups is 1. The number of amides is 1. The molecular formula is C22H31ClN2O5S. The van der Waals surface area contributed by atoms with Gasteiger partial charge < -0.3 is 14.7 Å². The van der Waals surface area contributed by atoms with Gasteiger partial charge in [-0.05, 0) is 46.1 Å². The van der Waals surface area contributed by atoms with Crippen LogP contribution in [-0.4, -0.2) is 60.6 Å². The Morgan fingerprint density at radius 2 is 2.00 bits per heavy atom. The van der Waals surface area contributed by atoms with Gasteiger partial charge in [0.1, 0.15) is 5.60 Å². The van der Waals surface area contributed by atoms with Crippen molar-refractivity contribution in [3.05, 3.63) is 35.1 Å². The molecule has 0 saturated heterocycles. The Kier molecular flexibility index (Phi) is 8.30. The van der Waals surface area contributed by atoms with Crippen LogP contribution in [0.15, 0.2) is 29.3 Å². The number of pyridine rings is 1. The summed E-state index contributed by atoms with van der Waals surface area (Å²) >= 11 is 6.30. The van der Waals surface area contributed by atoms with Gasteiger partial charge in [0, 0.05) is 42.4 Å². The van der Waals surface area contributed by atoms with Crippen LogP contribution in [0.2, 0.25) is 5.02 Å². The van der Waals surface area contributed by atoms with Crippen molar-refractivity contribution in [2.75, 3.05) is 25.4 Å². The highest BCUT2D eigenvalue weighted by Gasteiger charge is 2.27. The Balaban J connectivity index is 2.27. The minimum atomic E-state index is -3.69. The molecule has 0 aliphatic carbocycles. The Hall–Kier alpha value is -1.90. The Bertz CT molecular complexity index is 1030. The number of hydrogen-bond acceptors (Lipinski definition) is 6. The Morgan fingerprint density at radius 1 is 1.32 bits per heavy atom. The summed E-state index contributed by atoms with van der Waals surface area (Å²) in [5, 5.41) is 10.6. The SMILES string of the molecule is Cc1ncc(Cl)c2c(S(=O)(=O)CC(C)CN(CCCO)C(=O)OC(C)(C)C)cccc12. The molecule has 0 aliphatic rings. The number of nitrogens with zero attached hydrogens (tertiary/aromatic N) is 2. The van der Waals surface area contributed by atoms with E-state index in [1.165, 1.54) is 11.1 Å². The van der Waals surface area contributed by atoms with Crippen molar-refractivity contribution in [3.8, 4) is 0 Å². The van der Waals surface area contributed by atoms with E-state index in [1.807, 2.05) is 0 Å². The third-order valence-electron chi connectivity index (χ3n) is 4.64. The van der Waals surface area contributed by atoms with E-state index in [-0.39, 0.29) is 41.3 Å². The zero-order valence-corrected chi connectivity index (χ0v) is 20.3. The third-order valence-corrected chi connectivity index (χ3v) is 6.94. The number of aryl methyl sites for hydroxylation is 1. The van der Waals surface area contributed by atoms with Gasteiger partial charge in [-0.1, -0.05) is 30.7 Å². The van der Waals surface area contributed by atoms with Gasteiger partial charge in [-0.25, -0.2) is 13.2 Å². The quantitative estimate of drug-likeness (QED) is 0.620. The molecule has 0 aliphatic heterocycles. The fraction of sp³-hybridized carbons (Fsp3) is 0.545. The van der Waals surface area contributed by atoms with Crippen LogP contribution in [0.25, 0.3) is 10.8 Å². The number of fused-ring (bicyclic) bond motifs is 1. The molecule has 1 amide bonds. The first-order valence-corrected chi connectivity index (χ1v) is 12.2. The highest BCUT2D eigenvalue weighted by atomic mass is 35.5. The third kappa shape index (κ3) is 6.79. The van der Waals surface area contributed by atoms with Gasteiger partial charge in [0.15, 0.2) is 9.84 Å². The number of benzene rings is 1. The number of ether oxygens (including phenoxy) is 1. The molecule has 0 fully saturated rings. The first kappa shape index (κ1) is 25.4. The Labute approximate surface area is 189 Å². The molecule has 0 bridgehead atoms. The summed E-state index contributed by atoms with van der Waals surface area (Å²) in [6, 6.07) is 5.03. The van der Waals surface area contributed by atoms with E-state index in [0.29, 0.717) is 22.9 Å². The first-order valence-electron chi connectivity index (χ1n) is 10.2. The fourth-order valence-corrected chi connectivity index (χ4v) is 5.52. The molecular weight excluding hydrogens is 440 g/mol. The lowest BCUT2D eigenvalue weighted by atomic mass is 10.1. The average molecular weight is 471 g/mol. The van der Waals surface area contributed by atoms with E-state index < -0.39 is 21.5 Å². The maximum atomic E-state index is 13.3. The monoisotopic (exact) mass is 470 g/mol. The maximum Gasteiger partial charge on any atom is 0.410 e. The lowest BCUT2D eigenvalue weighted by Gasteiger charge is -2.29. The number of aliphatic hydroxyl groups excluding tert-OH is 1. The average Bonchev–Trinajstić information content (AvgIpc) is 2.65. The number of sulfone groups is 1. The predicted molar refractivity (Wildman–Crippen MR) is 122 cm³/mol. The second kappa shape index (κ2) is 10.1. The first-order chi connectivity index (χ1) is 14.4. The summed E-state index contributed by atoms with van der Waals surface area (Å²) in [6.45, 7) is 9.27. The maximum absolute atomic E-state index is 13.3. The second-order valence-electron chi connectivity index (χ2n) is 8.76. The van der Waals surface area contributed by atoms with Crippen LogP contribution in [-0.2, 0) is 14.6 Å². The van der Waals surface area contributed by atoms with Gasteiger partial charge in [0.25, 0.3) is 0 Å². The van der Waals surface area contributed by atoms with Gasteiger partial charge in [-0.2, -0.15) is 0 Å². The van der Waals surface area contributed by atoms with Crippen LogP contribution < -0.4 is 0 Å². The Morgan fingerprint density at radius 3 is 2.61 bits per heavy atom. The summed E-state index contributed by atoms with van der Waals surface area (Å²) < 4.78 is 32.0. The predicted octanol–water partition coefficient (Wildman–Crippen LogP) is 4.23. The summed E-state index contributed by atoms with van der Waals surface area (Å²) in [5.41, 5.74) is 0.0275. The molecule has 9 heteroatoms. The van der Waals surface area contributed by atoms with E-state index in [4.69, 9.17) is 21.4 Å². The molecule has 1 N–H and O–H groups in total. The van der Waals surface area contributed by atoms with E-state index in [1.54, 1.807) is 52.8 Å². The molecule has 7 nitrogen and oxygen atoms in total. The molecule has 2 rings (SSSR count). The molecule has 1 heterocycles. The fourth-order valence-electron chi connectivity index (χ4n) is 3.36. The molecule has 1 aromatic carbocycles. The number of aromatic nitrogens is 1. The lowest BCUT2D eigenvalue weighted by molar-refractivity contribution is 0.0219. The molecule has 31 heavy (non-hydrogen) atoms. The normalized spacial score (nSPS) is 13.3. The van der Waals surface area contributed by atoms with Crippen molar-refractivity contribution in [2.24, 2.45) is 5.92 Å². The van der Waals surface area contributed by atoms with Crippen LogP contribution in [0.5, 0.6) is 0 Å². The van der Waals surface area contributed by atoms with Crippen molar-refractivity contribution >= 4 is 38.3 Å². The van der Waals surface area contributed by atoms with Gasteiger partial charge in [0.05, 0.1) is 15.7 Å². The van der Waals surface area contributed by atoms with Crippen molar-refractivity contribution in [3.63, 3.8) is 0 Å². The molecule has 2 aromatic rings. The zero-order valence-electron chi connectivity index (χ0n) is 18.7. The highest BCUT2D eigenvalue weighted by molar-refractivity contribution is 7.91.